The summed E-state index contributed by atoms with van der Waals surface area (Å²) in [6, 6.07) is 25.5. The van der Waals surface area contributed by atoms with Crippen LogP contribution in [0.1, 0.15) is 66.8 Å². The molecule has 0 radical (unpaired) electrons. The number of benzene rings is 2. The van der Waals surface area contributed by atoms with Crippen molar-refractivity contribution in [2.75, 3.05) is 0 Å². The molecule has 0 spiro atoms. The molecule has 0 aliphatic carbocycles. The summed E-state index contributed by atoms with van der Waals surface area (Å²) in [7, 11) is 3.93. The molecule has 0 saturated heterocycles. The summed E-state index contributed by atoms with van der Waals surface area (Å²) < 4.78 is -0.0887. The summed E-state index contributed by atoms with van der Waals surface area (Å²) in [5.74, 6) is 0. The number of hydrogen-bond donors (Lipinski definition) is 0. The highest BCUT2D eigenvalue weighted by Crippen LogP contribution is 2.56. The van der Waals surface area contributed by atoms with Crippen molar-refractivity contribution in [3.8, 4) is 0 Å². The molecular weight excluding hydrogens is 452 g/mol. The van der Waals surface area contributed by atoms with E-state index in [4.69, 9.17) is 9.97 Å². The Morgan fingerprint density at radius 3 is 1.21 bits per heavy atom. The maximum Gasteiger partial charge on any atom is 0.0705 e. The van der Waals surface area contributed by atoms with Gasteiger partial charge in [-0.3, -0.25) is 9.97 Å². The SMILES string of the molecule is CC(C)(SSC(C)(C)C(C)(C)c1ccc2ccccc2n1)C(C)(C)c1ccc2ccccc2n1. The van der Waals surface area contributed by atoms with Crippen LogP contribution in [0.5, 0.6) is 0 Å². The maximum absolute atomic E-state index is 5.05. The summed E-state index contributed by atoms with van der Waals surface area (Å²) in [5.41, 5.74) is 4.16. The zero-order valence-electron chi connectivity index (χ0n) is 21.6. The topological polar surface area (TPSA) is 25.8 Å². The van der Waals surface area contributed by atoms with E-state index in [1.54, 1.807) is 0 Å². The van der Waals surface area contributed by atoms with E-state index in [2.05, 4.69) is 128 Å². The van der Waals surface area contributed by atoms with Crippen LogP contribution in [0.25, 0.3) is 21.8 Å². The second kappa shape index (κ2) is 8.87. The van der Waals surface area contributed by atoms with Gasteiger partial charge in [-0.15, -0.1) is 0 Å². The highest BCUT2D eigenvalue weighted by molar-refractivity contribution is 8.77. The van der Waals surface area contributed by atoms with Crippen LogP contribution in [0.4, 0.5) is 0 Å². The molecule has 0 N–H and O–H groups in total. The maximum atomic E-state index is 5.05. The fourth-order valence-electron chi connectivity index (χ4n) is 3.86. The predicted molar refractivity (Wildman–Crippen MR) is 153 cm³/mol. The summed E-state index contributed by atoms with van der Waals surface area (Å²) in [5, 5.41) is 2.38. The minimum absolute atomic E-state index is 0.0444. The first-order valence-corrected chi connectivity index (χ1v) is 14.1. The molecule has 4 aromatic rings. The van der Waals surface area contributed by atoms with E-state index in [1.807, 2.05) is 21.6 Å². The second-order valence-corrected chi connectivity index (χ2v) is 14.6. The molecule has 0 bridgehead atoms. The molecule has 0 fully saturated rings. The molecule has 0 unspecified atom stereocenters. The van der Waals surface area contributed by atoms with Crippen LogP contribution in [0.3, 0.4) is 0 Å². The highest BCUT2D eigenvalue weighted by Gasteiger charge is 2.45. The van der Waals surface area contributed by atoms with Gasteiger partial charge in [0.15, 0.2) is 0 Å². The van der Waals surface area contributed by atoms with E-state index < -0.39 is 0 Å². The number of aromatic nitrogens is 2. The molecule has 34 heavy (non-hydrogen) atoms. The first kappa shape index (κ1) is 25.1. The molecule has 2 nitrogen and oxygen atoms in total. The van der Waals surface area contributed by atoms with E-state index in [0.29, 0.717) is 0 Å². The van der Waals surface area contributed by atoms with E-state index in [1.165, 1.54) is 10.8 Å². The van der Waals surface area contributed by atoms with Crippen molar-refractivity contribution in [2.45, 2.75) is 75.7 Å². The quantitative estimate of drug-likeness (QED) is 0.242. The summed E-state index contributed by atoms with van der Waals surface area (Å²) in [6.07, 6.45) is 0. The van der Waals surface area contributed by atoms with Crippen molar-refractivity contribution in [3.63, 3.8) is 0 Å². The van der Waals surface area contributed by atoms with Crippen molar-refractivity contribution < 1.29 is 0 Å². The van der Waals surface area contributed by atoms with Crippen LogP contribution >= 0.6 is 21.6 Å². The molecule has 0 aliphatic heterocycles. The predicted octanol–water partition coefficient (Wildman–Crippen LogP) is 8.98. The van der Waals surface area contributed by atoms with E-state index >= 15 is 0 Å². The van der Waals surface area contributed by atoms with Crippen molar-refractivity contribution in [2.24, 2.45) is 0 Å². The Kier molecular flexibility index (Phi) is 6.54. The third kappa shape index (κ3) is 4.47. The average Bonchev–Trinajstić information content (AvgIpc) is 2.82. The lowest BCUT2D eigenvalue weighted by Crippen LogP contribution is -2.43. The van der Waals surface area contributed by atoms with Gasteiger partial charge in [-0.2, -0.15) is 0 Å². The largest absolute Gasteiger partial charge is 0.252 e. The molecule has 2 aromatic carbocycles. The number of fused-ring (bicyclic) bond motifs is 2. The molecule has 0 aliphatic rings. The number of pyridine rings is 2. The Labute approximate surface area is 212 Å². The standard InChI is InChI=1S/C30H36N2S2/c1-27(2,25-19-17-21-13-9-11-15-23(21)31-25)29(5,6)33-34-30(7,8)28(3,4)26-20-18-22-14-10-12-16-24(22)32-26/h9-20H,1-8H3. The first-order valence-electron chi connectivity index (χ1n) is 11.9. The Morgan fingerprint density at radius 2 is 0.824 bits per heavy atom. The number of para-hydroxylation sites is 2. The van der Waals surface area contributed by atoms with Crippen molar-refractivity contribution in [1.82, 2.24) is 9.97 Å². The number of hydrogen-bond acceptors (Lipinski definition) is 4. The first-order chi connectivity index (χ1) is 15.9. The summed E-state index contributed by atoms with van der Waals surface area (Å²) >= 11 is 0. The Bertz CT molecular complexity index is 1220. The third-order valence-corrected chi connectivity index (χ3v) is 12.6. The van der Waals surface area contributed by atoms with Crippen LogP contribution in [0, 0.1) is 0 Å². The van der Waals surface area contributed by atoms with E-state index in [9.17, 15) is 0 Å². The van der Waals surface area contributed by atoms with Crippen molar-refractivity contribution >= 4 is 43.4 Å². The molecular formula is C30H36N2S2. The summed E-state index contributed by atoms with van der Waals surface area (Å²) in [4.78, 5) is 10.1. The lowest BCUT2D eigenvalue weighted by molar-refractivity contribution is 0.400. The Hall–Kier alpha value is -2.04. The molecule has 0 atom stereocenters. The lowest BCUT2D eigenvalue weighted by Gasteiger charge is -2.45. The molecule has 0 amide bonds. The van der Waals surface area contributed by atoms with Crippen molar-refractivity contribution in [1.29, 1.82) is 0 Å². The monoisotopic (exact) mass is 488 g/mol. The van der Waals surface area contributed by atoms with Gasteiger partial charge in [-0.25, -0.2) is 0 Å². The smallest absolute Gasteiger partial charge is 0.0705 e. The van der Waals surface area contributed by atoms with Gasteiger partial charge in [-0.05, 0) is 52.0 Å². The van der Waals surface area contributed by atoms with Crippen LogP contribution in [-0.2, 0) is 10.8 Å². The van der Waals surface area contributed by atoms with Crippen LogP contribution in [0.15, 0.2) is 72.8 Å². The normalized spacial score (nSPS) is 13.5. The van der Waals surface area contributed by atoms with Gasteiger partial charge in [0.2, 0.25) is 0 Å². The van der Waals surface area contributed by atoms with Crippen LogP contribution in [-0.4, -0.2) is 19.5 Å². The Morgan fingerprint density at radius 1 is 0.471 bits per heavy atom. The highest BCUT2D eigenvalue weighted by atomic mass is 33.1. The Balaban J connectivity index is 1.57. The molecule has 2 aromatic heterocycles. The van der Waals surface area contributed by atoms with E-state index in [0.717, 1.165) is 22.4 Å². The number of nitrogens with zero attached hydrogens (tertiary/aromatic N) is 2. The van der Waals surface area contributed by atoms with Gasteiger partial charge < -0.3 is 0 Å². The van der Waals surface area contributed by atoms with Crippen molar-refractivity contribution in [3.05, 3.63) is 84.2 Å². The van der Waals surface area contributed by atoms with Gasteiger partial charge in [0.05, 0.1) is 11.0 Å². The lowest BCUT2D eigenvalue weighted by atomic mass is 9.77. The van der Waals surface area contributed by atoms with Crippen LogP contribution < -0.4 is 0 Å². The van der Waals surface area contributed by atoms with Gasteiger partial charge in [0.25, 0.3) is 0 Å². The minimum atomic E-state index is -0.115. The fraction of sp³-hybridized carbons (Fsp3) is 0.400. The second-order valence-electron chi connectivity index (χ2n) is 11.2. The van der Waals surface area contributed by atoms with Gasteiger partial charge in [0.1, 0.15) is 0 Å². The summed E-state index contributed by atoms with van der Waals surface area (Å²) in [6.45, 7) is 18.7. The van der Waals surface area contributed by atoms with E-state index in [-0.39, 0.29) is 20.3 Å². The van der Waals surface area contributed by atoms with Gasteiger partial charge in [0, 0.05) is 42.5 Å². The molecule has 178 valence electrons. The van der Waals surface area contributed by atoms with Gasteiger partial charge in [-0.1, -0.05) is 97.8 Å². The molecule has 0 saturated carbocycles. The van der Waals surface area contributed by atoms with Gasteiger partial charge >= 0.3 is 0 Å². The zero-order valence-corrected chi connectivity index (χ0v) is 23.3. The molecule has 2 heterocycles. The average molecular weight is 489 g/mol. The molecule has 4 heteroatoms. The minimum Gasteiger partial charge on any atom is -0.252 e. The number of rotatable bonds is 7. The third-order valence-electron chi connectivity index (χ3n) is 7.95. The molecule has 4 rings (SSSR count). The zero-order chi connectivity index (χ0) is 24.8. The van der Waals surface area contributed by atoms with Crippen LogP contribution in [0.2, 0.25) is 0 Å². The fourth-order valence-corrected chi connectivity index (χ4v) is 7.40.